The molecule has 0 aliphatic carbocycles. The van der Waals surface area contributed by atoms with E-state index in [-0.39, 0.29) is 0 Å². The van der Waals surface area contributed by atoms with Crippen LogP contribution in [0, 0.1) is 0 Å². The summed E-state index contributed by atoms with van der Waals surface area (Å²) >= 11 is 0. The molecule has 0 unspecified atom stereocenters. The average molecular weight is 1610 g/mol. The van der Waals surface area contributed by atoms with Gasteiger partial charge in [-0.05, 0) is 51.4 Å². The van der Waals surface area contributed by atoms with Crippen molar-refractivity contribution in [1.82, 2.24) is 0 Å². The first-order chi connectivity index (χ1) is 57.1. The Morgan fingerprint density at radius 1 is 0.148 bits per heavy atom. The standard InChI is InChI=1S/2C52H107N.C6H5BO2/c2*1-3-5-7-9-11-13-15-17-19-21-23-25-27-29-31-33-35-37-39-41-43-45-47-49-51-53-52-50-48-46-44-42-40-38-36-34-32-30-28-26-24-22-20-18-16-14-12-10-8-6-4-2;8-7(9)6-4-2-1-3-5-6/h2*53H,3-52H2,1-2H3;1-5H/q;;-2/p+2. The molecule has 4 nitrogen and oxygen atoms in total. The van der Waals surface area contributed by atoms with Crippen molar-refractivity contribution in [2.24, 2.45) is 0 Å². The third kappa shape index (κ3) is 113. The van der Waals surface area contributed by atoms with Crippen molar-refractivity contribution in [1.29, 1.82) is 0 Å². The fourth-order valence-corrected chi connectivity index (χ4v) is 17.9. The normalized spacial score (nSPS) is 11.5. The second kappa shape index (κ2) is 113. The average Bonchev–Trinajstić information content (AvgIpc) is 0.943. The number of hydrogen-bond donors (Lipinski definition) is 2. The molecule has 0 amide bonds. The lowest BCUT2D eigenvalue weighted by atomic mass is 9.81. The maximum absolute atomic E-state index is 10.2. The molecule has 115 heavy (non-hydrogen) atoms. The van der Waals surface area contributed by atoms with Gasteiger partial charge in [0.05, 0.1) is 26.2 Å². The maximum atomic E-state index is 10.2. The lowest BCUT2D eigenvalue weighted by molar-refractivity contribution is -0.655. The summed E-state index contributed by atoms with van der Waals surface area (Å²) in [6.07, 6.45) is 142. The van der Waals surface area contributed by atoms with Crippen LogP contribution in [0.3, 0.4) is 0 Å². The van der Waals surface area contributed by atoms with Crippen molar-refractivity contribution < 1.29 is 20.7 Å². The Kier molecular flexibility index (Phi) is 114. The Morgan fingerprint density at radius 3 is 0.330 bits per heavy atom. The van der Waals surface area contributed by atoms with E-state index in [1.165, 1.54) is 655 Å². The predicted molar refractivity (Wildman–Crippen MR) is 521 cm³/mol. The van der Waals surface area contributed by atoms with Crippen molar-refractivity contribution in [2.45, 2.75) is 644 Å². The van der Waals surface area contributed by atoms with E-state index in [2.05, 4.69) is 38.3 Å². The zero-order chi connectivity index (χ0) is 82.8. The smallest absolute Gasteiger partial charge is 0.0755 e. The molecule has 0 spiro atoms. The first-order valence-corrected chi connectivity index (χ1v) is 55.1. The summed E-state index contributed by atoms with van der Waals surface area (Å²) < 4.78 is 0. The summed E-state index contributed by atoms with van der Waals surface area (Å²) in [4.78, 5) is 0. The first-order valence-electron chi connectivity index (χ1n) is 55.1. The van der Waals surface area contributed by atoms with Crippen LogP contribution in [0.5, 0.6) is 0 Å². The highest BCUT2D eigenvalue weighted by Crippen LogP contribution is 2.22. The molecule has 0 radical (unpaired) electrons. The van der Waals surface area contributed by atoms with Gasteiger partial charge in [0, 0.05) is 0 Å². The SMILES string of the molecule is CCCCCCCCCCCCCCCCCCCCCCCCCC[NH2+]CCCCCCCCCCCCCCCCCCCCCCCCCC.CCCCCCCCCCCCCCCCCCCCCCCCCC[NH2+]CCCCCCCCCCCCCCCCCCCCCCCCCC.[O-]B([O-])c1ccccc1. The van der Waals surface area contributed by atoms with Crippen LogP contribution in [-0.4, -0.2) is 33.3 Å². The molecule has 1 aromatic carbocycles. The molecule has 0 aliphatic rings. The topological polar surface area (TPSA) is 79.3 Å². The molecule has 0 saturated heterocycles. The van der Waals surface area contributed by atoms with Gasteiger partial charge in [0.2, 0.25) is 0 Å². The molecule has 0 atom stereocenters. The van der Waals surface area contributed by atoms with Gasteiger partial charge < -0.3 is 20.7 Å². The van der Waals surface area contributed by atoms with Gasteiger partial charge in [0.15, 0.2) is 0 Å². The van der Waals surface area contributed by atoms with Gasteiger partial charge >= 0.3 is 0 Å². The van der Waals surface area contributed by atoms with Crippen LogP contribution < -0.4 is 26.1 Å². The monoisotopic (exact) mass is 1610 g/mol. The maximum Gasteiger partial charge on any atom is 0.0755 e. The predicted octanol–water partition coefficient (Wildman–Crippen LogP) is 34.7. The lowest BCUT2D eigenvalue weighted by Gasteiger charge is -2.26. The Balaban J connectivity index is 0. The number of nitrogens with two attached hydrogens (primary N) is 2. The van der Waals surface area contributed by atoms with Gasteiger partial charge in [-0.3, -0.25) is 0 Å². The fourth-order valence-electron chi connectivity index (χ4n) is 17.9. The van der Waals surface area contributed by atoms with Crippen LogP contribution in [0.2, 0.25) is 0 Å². The summed E-state index contributed by atoms with van der Waals surface area (Å²) in [6, 6.07) is 8.19. The molecular weight excluding hydrogens is 1390 g/mol. The van der Waals surface area contributed by atoms with Crippen molar-refractivity contribution in [3.05, 3.63) is 30.3 Å². The van der Waals surface area contributed by atoms with Crippen LogP contribution in [-0.2, 0) is 0 Å². The molecule has 0 heterocycles. The van der Waals surface area contributed by atoms with Crippen molar-refractivity contribution >= 4 is 12.6 Å². The zero-order valence-corrected chi connectivity index (χ0v) is 80.6. The molecule has 0 bridgehead atoms. The minimum atomic E-state index is -1.84. The molecule has 686 valence electrons. The van der Waals surface area contributed by atoms with E-state index in [9.17, 15) is 10.0 Å². The van der Waals surface area contributed by atoms with E-state index < -0.39 is 7.12 Å². The largest absolute Gasteiger partial charge is 0.889 e. The van der Waals surface area contributed by atoms with Crippen LogP contribution in [0.4, 0.5) is 0 Å². The highest BCUT2D eigenvalue weighted by atomic mass is 16.4. The number of benzene rings is 1. The Hall–Kier alpha value is -0.875. The summed E-state index contributed by atoms with van der Waals surface area (Å²) in [7, 11) is -1.84. The summed E-state index contributed by atoms with van der Waals surface area (Å²) in [5.41, 5.74) is 0.303. The van der Waals surface area contributed by atoms with Crippen LogP contribution >= 0.6 is 0 Å². The van der Waals surface area contributed by atoms with Gasteiger partial charge in [-0.2, -0.15) is 0 Å². The number of quaternary nitrogens is 2. The number of rotatable bonds is 101. The third-order valence-corrected chi connectivity index (χ3v) is 26.1. The van der Waals surface area contributed by atoms with Gasteiger partial charge in [-0.1, -0.05) is 630 Å². The molecule has 1 aromatic rings. The molecule has 0 aromatic heterocycles. The summed E-state index contributed by atoms with van der Waals surface area (Å²) in [6.45, 7) is 14.7. The Bertz CT molecular complexity index is 1530. The molecular formula is C110H221BN2O2. The lowest BCUT2D eigenvalue weighted by Crippen LogP contribution is -2.84. The molecule has 0 saturated carbocycles. The minimum absolute atomic E-state index is 0.303. The summed E-state index contributed by atoms with van der Waals surface area (Å²) in [5.74, 6) is 0. The molecule has 1 rings (SSSR count). The highest BCUT2D eigenvalue weighted by Gasteiger charge is 2.04. The number of unbranched alkanes of at least 4 members (excludes halogenated alkanes) is 92. The summed E-state index contributed by atoms with van der Waals surface area (Å²) in [5, 5.41) is 25.6. The molecule has 5 heteroatoms. The van der Waals surface area contributed by atoms with Crippen LogP contribution in [0.1, 0.15) is 644 Å². The van der Waals surface area contributed by atoms with E-state index in [0.717, 1.165) is 0 Å². The van der Waals surface area contributed by atoms with E-state index in [1.807, 2.05) is 0 Å². The zero-order valence-electron chi connectivity index (χ0n) is 80.6. The fraction of sp³-hybridized carbons (Fsp3) is 0.945. The van der Waals surface area contributed by atoms with E-state index in [0.29, 0.717) is 5.46 Å². The molecule has 4 N–H and O–H groups in total. The molecule has 0 aliphatic heterocycles. The van der Waals surface area contributed by atoms with Gasteiger partial charge in [0.25, 0.3) is 0 Å². The Morgan fingerprint density at radius 2 is 0.243 bits per heavy atom. The quantitative estimate of drug-likeness (QED) is 0.0503. The van der Waals surface area contributed by atoms with Gasteiger partial charge in [-0.15, -0.1) is 5.46 Å². The highest BCUT2D eigenvalue weighted by molar-refractivity contribution is 6.55. The van der Waals surface area contributed by atoms with Gasteiger partial charge in [-0.25, -0.2) is 0 Å². The minimum Gasteiger partial charge on any atom is -0.889 e. The second-order valence-corrected chi connectivity index (χ2v) is 38.0. The van der Waals surface area contributed by atoms with Crippen molar-refractivity contribution in [2.75, 3.05) is 26.2 Å². The Labute approximate surface area is 729 Å². The molecule has 0 fully saturated rings. The van der Waals surface area contributed by atoms with E-state index in [1.54, 1.807) is 18.2 Å². The van der Waals surface area contributed by atoms with Crippen molar-refractivity contribution in [3.63, 3.8) is 0 Å². The van der Waals surface area contributed by atoms with Crippen molar-refractivity contribution in [3.8, 4) is 0 Å². The van der Waals surface area contributed by atoms with Gasteiger partial charge in [0.1, 0.15) is 0 Å². The third-order valence-electron chi connectivity index (χ3n) is 26.1. The van der Waals surface area contributed by atoms with E-state index in [4.69, 9.17) is 0 Å². The van der Waals surface area contributed by atoms with E-state index >= 15 is 0 Å². The van der Waals surface area contributed by atoms with Crippen LogP contribution in [0.25, 0.3) is 0 Å². The number of hydrogen-bond acceptors (Lipinski definition) is 2. The van der Waals surface area contributed by atoms with Crippen LogP contribution in [0.15, 0.2) is 30.3 Å². The first kappa shape index (κ1) is 116. The second-order valence-electron chi connectivity index (χ2n) is 38.0.